The first-order chi connectivity index (χ1) is 15.3. The van der Waals surface area contributed by atoms with Crippen LogP contribution < -0.4 is 0 Å². The molecule has 1 aliphatic heterocycles. The van der Waals surface area contributed by atoms with E-state index >= 15 is 0 Å². The molecule has 4 aromatic rings. The van der Waals surface area contributed by atoms with E-state index in [0.29, 0.717) is 19.1 Å². The van der Waals surface area contributed by atoms with Gasteiger partial charge in [0.2, 0.25) is 0 Å². The molecule has 1 saturated carbocycles. The number of hydrogen-bond donors (Lipinski definition) is 0. The standard InChI is InChI=1S/C25H22N4OS/c26-16-25(10-12-30-13-11-25)19-2-1-3-20(15-19)31-21-7-8-22-18(14-21)6-9-23-27-28-24(29(22)23)17-4-5-17/h1-3,6-9,14-15,17H,4-5,10-13H2. The molecule has 2 aromatic carbocycles. The van der Waals surface area contributed by atoms with Crippen LogP contribution in [0.4, 0.5) is 0 Å². The Morgan fingerprint density at radius 2 is 1.84 bits per heavy atom. The molecule has 0 radical (unpaired) electrons. The van der Waals surface area contributed by atoms with Crippen LogP contribution in [0.2, 0.25) is 0 Å². The second kappa shape index (κ2) is 7.37. The molecule has 154 valence electrons. The second-order valence-corrected chi connectivity index (χ2v) is 9.66. The SMILES string of the molecule is N#CC1(c2cccc(Sc3ccc4c(ccc5nnc(C6CC6)n54)c3)c2)CCOCC1. The minimum absolute atomic E-state index is 0.433. The van der Waals surface area contributed by atoms with Gasteiger partial charge in [-0.25, -0.2) is 0 Å². The first-order valence-electron chi connectivity index (χ1n) is 10.8. The Balaban J connectivity index is 1.34. The second-order valence-electron chi connectivity index (χ2n) is 8.52. The number of benzene rings is 2. The van der Waals surface area contributed by atoms with Crippen molar-refractivity contribution in [3.05, 3.63) is 66.0 Å². The van der Waals surface area contributed by atoms with Crippen molar-refractivity contribution >= 4 is 28.3 Å². The fraction of sp³-hybridized carbons (Fsp3) is 0.320. The smallest absolute Gasteiger partial charge is 0.161 e. The Bertz CT molecular complexity index is 1330. The largest absolute Gasteiger partial charge is 0.381 e. The van der Waals surface area contributed by atoms with Gasteiger partial charge in [-0.3, -0.25) is 4.40 Å². The lowest BCUT2D eigenvalue weighted by Crippen LogP contribution is -2.32. The van der Waals surface area contributed by atoms with Gasteiger partial charge in [0.25, 0.3) is 0 Å². The highest BCUT2D eigenvalue weighted by atomic mass is 32.2. The van der Waals surface area contributed by atoms with Crippen molar-refractivity contribution in [2.24, 2.45) is 0 Å². The molecule has 6 heteroatoms. The van der Waals surface area contributed by atoms with E-state index in [4.69, 9.17) is 4.74 Å². The highest BCUT2D eigenvalue weighted by molar-refractivity contribution is 7.99. The lowest BCUT2D eigenvalue weighted by Gasteiger charge is -2.31. The van der Waals surface area contributed by atoms with Crippen molar-refractivity contribution in [1.82, 2.24) is 14.6 Å². The van der Waals surface area contributed by atoms with Gasteiger partial charge in [0.1, 0.15) is 5.82 Å². The highest BCUT2D eigenvalue weighted by Gasteiger charge is 2.34. The molecule has 2 aliphatic rings. The van der Waals surface area contributed by atoms with Gasteiger partial charge in [-0.1, -0.05) is 23.9 Å². The highest BCUT2D eigenvalue weighted by Crippen LogP contribution is 2.41. The van der Waals surface area contributed by atoms with Gasteiger partial charge in [0.15, 0.2) is 5.65 Å². The van der Waals surface area contributed by atoms with Crippen LogP contribution >= 0.6 is 11.8 Å². The van der Waals surface area contributed by atoms with E-state index in [0.717, 1.165) is 40.3 Å². The van der Waals surface area contributed by atoms with E-state index < -0.39 is 5.41 Å². The van der Waals surface area contributed by atoms with Crippen LogP contribution in [0.1, 0.15) is 43.0 Å². The van der Waals surface area contributed by atoms with Crippen LogP contribution in [0.3, 0.4) is 0 Å². The molecule has 1 saturated heterocycles. The summed E-state index contributed by atoms with van der Waals surface area (Å²) in [6, 6.07) is 21.8. The minimum atomic E-state index is -0.433. The van der Waals surface area contributed by atoms with E-state index in [1.54, 1.807) is 11.8 Å². The first kappa shape index (κ1) is 18.9. The van der Waals surface area contributed by atoms with E-state index in [2.05, 4.69) is 75.3 Å². The van der Waals surface area contributed by atoms with Crippen LogP contribution in [0.25, 0.3) is 16.6 Å². The topological polar surface area (TPSA) is 63.2 Å². The zero-order chi connectivity index (χ0) is 20.8. The number of fused-ring (bicyclic) bond motifs is 3. The molecule has 6 rings (SSSR count). The Morgan fingerprint density at radius 3 is 2.65 bits per heavy atom. The lowest BCUT2D eigenvalue weighted by atomic mass is 9.75. The number of nitrogens with zero attached hydrogens (tertiary/aromatic N) is 4. The van der Waals surface area contributed by atoms with Crippen molar-refractivity contribution in [2.75, 3.05) is 13.2 Å². The molecule has 2 fully saturated rings. The summed E-state index contributed by atoms with van der Waals surface area (Å²) in [5.74, 6) is 1.64. The van der Waals surface area contributed by atoms with Gasteiger partial charge in [-0.15, -0.1) is 10.2 Å². The molecule has 0 amide bonds. The molecule has 0 atom stereocenters. The molecule has 0 spiro atoms. The van der Waals surface area contributed by atoms with Crippen LogP contribution in [0.5, 0.6) is 0 Å². The third kappa shape index (κ3) is 3.29. The first-order valence-corrected chi connectivity index (χ1v) is 11.6. The summed E-state index contributed by atoms with van der Waals surface area (Å²) in [6.45, 7) is 1.30. The van der Waals surface area contributed by atoms with Gasteiger partial charge in [0.05, 0.1) is 17.0 Å². The summed E-state index contributed by atoms with van der Waals surface area (Å²) in [4.78, 5) is 2.34. The summed E-state index contributed by atoms with van der Waals surface area (Å²) in [6.07, 6.45) is 3.92. The maximum absolute atomic E-state index is 9.90. The lowest BCUT2D eigenvalue weighted by molar-refractivity contribution is 0.0675. The molecule has 0 unspecified atom stereocenters. The van der Waals surface area contributed by atoms with E-state index in [9.17, 15) is 5.26 Å². The third-order valence-electron chi connectivity index (χ3n) is 6.49. The van der Waals surface area contributed by atoms with E-state index in [1.807, 2.05) is 0 Å². The van der Waals surface area contributed by atoms with Gasteiger partial charge >= 0.3 is 0 Å². The van der Waals surface area contributed by atoms with Gasteiger partial charge < -0.3 is 4.74 Å². The van der Waals surface area contributed by atoms with Crippen LogP contribution in [0.15, 0.2) is 64.4 Å². The molecule has 0 N–H and O–H groups in total. The summed E-state index contributed by atoms with van der Waals surface area (Å²) >= 11 is 1.74. The number of nitriles is 1. The average Bonchev–Trinajstić information content (AvgIpc) is 3.57. The van der Waals surface area contributed by atoms with Crippen LogP contribution in [0, 0.1) is 11.3 Å². The molecule has 1 aliphatic carbocycles. The summed E-state index contributed by atoms with van der Waals surface area (Å²) in [7, 11) is 0. The maximum Gasteiger partial charge on any atom is 0.161 e. The minimum Gasteiger partial charge on any atom is -0.381 e. The number of aromatic nitrogens is 3. The number of pyridine rings is 1. The van der Waals surface area contributed by atoms with Crippen LogP contribution in [-0.2, 0) is 10.2 Å². The average molecular weight is 427 g/mol. The monoisotopic (exact) mass is 426 g/mol. The Labute approximate surface area is 185 Å². The fourth-order valence-electron chi connectivity index (χ4n) is 4.55. The summed E-state index contributed by atoms with van der Waals surface area (Å²) in [5, 5.41) is 19.9. The van der Waals surface area contributed by atoms with Crippen molar-refractivity contribution in [3.63, 3.8) is 0 Å². The molecule has 2 aromatic heterocycles. The Kier molecular flexibility index (Phi) is 4.48. The van der Waals surface area contributed by atoms with E-state index in [-0.39, 0.29) is 0 Å². The number of hydrogen-bond acceptors (Lipinski definition) is 5. The molecule has 5 nitrogen and oxygen atoms in total. The zero-order valence-electron chi connectivity index (χ0n) is 17.1. The van der Waals surface area contributed by atoms with E-state index in [1.165, 1.54) is 23.1 Å². The normalized spacial score (nSPS) is 18.3. The van der Waals surface area contributed by atoms with Crippen molar-refractivity contribution in [2.45, 2.75) is 46.8 Å². The predicted octanol–water partition coefficient (Wildman–Crippen LogP) is 5.48. The zero-order valence-corrected chi connectivity index (χ0v) is 17.9. The maximum atomic E-state index is 9.90. The van der Waals surface area contributed by atoms with Crippen molar-refractivity contribution in [1.29, 1.82) is 5.26 Å². The Morgan fingerprint density at radius 1 is 1.00 bits per heavy atom. The number of rotatable bonds is 4. The summed E-state index contributed by atoms with van der Waals surface area (Å²) < 4.78 is 7.71. The molecule has 0 bridgehead atoms. The molecule has 31 heavy (non-hydrogen) atoms. The Hall–Kier alpha value is -2.88. The molecular formula is C25H22N4OS. The predicted molar refractivity (Wildman–Crippen MR) is 120 cm³/mol. The summed E-state index contributed by atoms with van der Waals surface area (Å²) in [5.41, 5.74) is 2.75. The molecule has 3 heterocycles. The molecular weight excluding hydrogens is 404 g/mol. The van der Waals surface area contributed by atoms with Gasteiger partial charge in [-0.2, -0.15) is 5.26 Å². The van der Waals surface area contributed by atoms with Crippen LogP contribution in [-0.4, -0.2) is 27.8 Å². The number of ether oxygens (including phenoxy) is 1. The fourth-order valence-corrected chi connectivity index (χ4v) is 5.47. The van der Waals surface area contributed by atoms with Gasteiger partial charge in [0, 0.05) is 28.9 Å². The van der Waals surface area contributed by atoms with Gasteiger partial charge in [-0.05, 0) is 79.1 Å². The van der Waals surface area contributed by atoms with Crippen molar-refractivity contribution in [3.8, 4) is 6.07 Å². The third-order valence-corrected chi connectivity index (χ3v) is 7.47. The quantitative estimate of drug-likeness (QED) is 0.432. The van der Waals surface area contributed by atoms with Crippen molar-refractivity contribution < 1.29 is 4.74 Å².